The van der Waals surface area contributed by atoms with Gasteiger partial charge in [-0.15, -0.1) is 0 Å². The van der Waals surface area contributed by atoms with Gasteiger partial charge in [0.05, 0.1) is 5.54 Å². The molecule has 2 aliphatic rings. The lowest BCUT2D eigenvalue weighted by atomic mass is 10.1. The number of ether oxygens (including phenoxy) is 2. The van der Waals surface area contributed by atoms with Gasteiger partial charge >= 0.3 is 6.09 Å². The first kappa shape index (κ1) is 18.3. The second kappa shape index (κ2) is 6.65. The Bertz CT molecular complexity index is 668. The van der Waals surface area contributed by atoms with Crippen molar-refractivity contribution in [1.82, 2.24) is 10.3 Å². The second-order valence-corrected chi connectivity index (χ2v) is 8.40. The van der Waals surface area contributed by atoms with Gasteiger partial charge in [-0.3, -0.25) is 0 Å². The Hall–Kier alpha value is -1.53. The largest absolute Gasteiger partial charge is 0.475 e. The van der Waals surface area contributed by atoms with E-state index in [0.717, 1.165) is 36.8 Å². The molecule has 0 saturated heterocycles. The van der Waals surface area contributed by atoms with Crippen molar-refractivity contribution in [1.29, 1.82) is 0 Å². The molecule has 1 aromatic rings. The highest BCUT2D eigenvalue weighted by molar-refractivity contribution is 6.30. The van der Waals surface area contributed by atoms with Crippen LogP contribution in [-0.2, 0) is 17.6 Å². The quantitative estimate of drug-likeness (QED) is 0.781. The number of nitrogens with one attached hydrogen (secondary N) is 1. The number of fused-ring (bicyclic) bond motifs is 1. The number of pyridine rings is 1. The molecule has 1 amide bonds. The van der Waals surface area contributed by atoms with Gasteiger partial charge in [0, 0.05) is 12.7 Å². The highest BCUT2D eigenvalue weighted by atomic mass is 35.5. The average molecular weight is 369 g/mol. The molecule has 1 unspecified atom stereocenters. The van der Waals surface area contributed by atoms with Gasteiger partial charge in [0.25, 0.3) is 0 Å². The SMILES string of the molecule is CC(C)(C)OC(=O)NC1(COc2cc3c(c(Cl)n2)CC(CO)C3)CC1. The number of hydrogen-bond acceptors (Lipinski definition) is 5. The molecule has 6 nitrogen and oxygen atoms in total. The monoisotopic (exact) mass is 368 g/mol. The van der Waals surface area contributed by atoms with Gasteiger partial charge < -0.3 is 19.9 Å². The van der Waals surface area contributed by atoms with Crippen LogP contribution in [0.15, 0.2) is 6.07 Å². The minimum absolute atomic E-state index is 0.143. The first-order valence-electron chi connectivity index (χ1n) is 8.63. The predicted octanol–water partition coefficient (Wildman–Crippen LogP) is 2.88. The zero-order chi connectivity index (χ0) is 18.2. The van der Waals surface area contributed by atoms with E-state index in [9.17, 15) is 9.90 Å². The molecule has 7 heteroatoms. The summed E-state index contributed by atoms with van der Waals surface area (Å²) in [5.41, 5.74) is 1.17. The lowest BCUT2D eigenvalue weighted by molar-refractivity contribution is 0.0476. The number of carbonyl (C=O) groups is 1. The second-order valence-electron chi connectivity index (χ2n) is 8.04. The molecule has 0 aromatic carbocycles. The summed E-state index contributed by atoms with van der Waals surface area (Å²) in [6.45, 7) is 5.97. The number of aliphatic hydroxyl groups is 1. The van der Waals surface area contributed by atoms with E-state index in [0.29, 0.717) is 17.6 Å². The first-order chi connectivity index (χ1) is 11.7. The maximum atomic E-state index is 12.0. The maximum Gasteiger partial charge on any atom is 0.408 e. The van der Waals surface area contributed by atoms with Crippen LogP contribution in [0.1, 0.15) is 44.7 Å². The molecule has 0 spiro atoms. The van der Waals surface area contributed by atoms with Crippen LogP contribution in [0, 0.1) is 5.92 Å². The summed E-state index contributed by atoms with van der Waals surface area (Å²) in [6, 6.07) is 1.89. The molecular weight excluding hydrogens is 344 g/mol. The van der Waals surface area contributed by atoms with E-state index in [4.69, 9.17) is 21.1 Å². The number of nitrogens with zero attached hydrogens (tertiary/aromatic N) is 1. The topological polar surface area (TPSA) is 80.7 Å². The number of carbonyl (C=O) groups excluding carboxylic acids is 1. The standard InChI is InChI=1S/C18H25ClN2O4/c1-17(2,3)25-16(23)21-18(4-5-18)10-24-14-8-12-6-11(9-22)7-13(12)15(19)20-14/h8,11,22H,4-7,9-10H2,1-3H3,(H,21,23). The van der Waals surface area contributed by atoms with Crippen molar-refractivity contribution in [2.75, 3.05) is 13.2 Å². The smallest absolute Gasteiger partial charge is 0.408 e. The predicted molar refractivity (Wildman–Crippen MR) is 94.1 cm³/mol. The van der Waals surface area contributed by atoms with Crippen LogP contribution in [0.4, 0.5) is 4.79 Å². The number of rotatable bonds is 5. The third kappa shape index (κ3) is 4.55. The zero-order valence-electron chi connectivity index (χ0n) is 14.9. The van der Waals surface area contributed by atoms with Gasteiger partial charge in [0.1, 0.15) is 17.4 Å². The Morgan fingerprint density at radius 1 is 1.44 bits per heavy atom. The van der Waals surface area contributed by atoms with E-state index in [2.05, 4.69) is 10.3 Å². The van der Waals surface area contributed by atoms with Gasteiger partial charge in [0.15, 0.2) is 0 Å². The van der Waals surface area contributed by atoms with Gasteiger partial charge in [-0.05, 0) is 63.5 Å². The maximum absolute atomic E-state index is 12.0. The van der Waals surface area contributed by atoms with Crippen LogP contribution in [0.25, 0.3) is 0 Å². The number of aromatic nitrogens is 1. The molecule has 3 rings (SSSR count). The molecule has 25 heavy (non-hydrogen) atoms. The molecular formula is C18H25ClN2O4. The number of amides is 1. The fraction of sp³-hybridized carbons (Fsp3) is 0.667. The van der Waals surface area contributed by atoms with Crippen LogP contribution < -0.4 is 10.1 Å². The number of alkyl carbamates (subject to hydrolysis) is 1. The molecule has 2 aliphatic carbocycles. The normalized spacial score (nSPS) is 20.8. The van der Waals surface area contributed by atoms with Crippen molar-refractivity contribution < 1.29 is 19.4 Å². The Morgan fingerprint density at radius 3 is 2.76 bits per heavy atom. The molecule has 138 valence electrons. The molecule has 1 saturated carbocycles. The number of hydrogen-bond donors (Lipinski definition) is 2. The van der Waals surface area contributed by atoms with Crippen molar-refractivity contribution in [3.8, 4) is 5.88 Å². The lowest BCUT2D eigenvalue weighted by Gasteiger charge is -2.23. The van der Waals surface area contributed by atoms with Crippen LogP contribution >= 0.6 is 11.6 Å². The summed E-state index contributed by atoms with van der Waals surface area (Å²) < 4.78 is 11.1. The Balaban J connectivity index is 1.59. The minimum atomic E-state index is -0.528. The fourth-order valence-corrected chi connectivity index (χ4v) is 3.31. The highest BCUT2D eigenvalue weighted by Crippen LogP contribution is 2.37. The van der Waals surface area contributed by atoms with E-state index in [-0.39, 0.29) is 18.1 Å². The van der Waals surface area contributed by atoms with Gasteiger partial charge in [-0.1, -0.05) is 11.6 Å². The molecule has 1 aromatic heterocycles. The van der Waals surface area contributed by atoms with Crippen LogP contribution in [0.3, 0.4) is 0 Å². The van der Waals surface area contributed by atoms with E-state index in [1.54, 1.807) is 0 Å². The molecule has 0 radical (unpaired) electrons. The van der Waals surface area contributed by atoms with Crippen molar-refractivity contribution in [3.05, 3.63) is 22.3 Å². The fourth-order valence-electron chi connectivity index (χ4n) is 3.03. The van der Waals surface area contributed by atoms with E-state index in [1.807, 2.05) is 26.8 Å². The minimum Gasteiger partial charge on any atom is -0.475 e. The van der Waals surface area contributed by atoms with Gasteiger partial charge in [0.2, 0.25) is 5.88 Å². The van der Waals surface area contributed by atoms with Crippen molar-refractivity contribution in [2.24, 2.45) is 5.92 Å². The molecule has 1 fully saturated rings. The molecule has 0 bridgehead atoms. The third-order valence-electron chi connectivity index (χ3n) is 4.52. The first-order valence-corrected chi connectivity index (χ1v) is 9.01. The number of halogens is 1. The van der Waals surface area contributed by atoms with E-state index in [1.165, 1.54) is 0 Å². The summed E-state index contributed by atoms with van der Waals surface area (Å²) in [6.07, 6.45) is 2.79. The summed E-state index contributed by atoms with van der Waals surface area (Å²) in [4.78, 5) is 16.3. The third-order valence-corrected chi connectivity index (χ3v) is 4.83. The summed E-state index contributed by atoms with van der Waals surface area (Å²) in [5, 5.41) is 12.7. The number of aliphatic hydroxyl groups excluding tert-OH is 1. The van der Waals surface area contributed by atoms with Crippen LogP contribution in [-0.4, -0.2) is 40.5 Å². The van der Waals surface area contributed by atoms with Crippen molar-refractivity contribution >= 4 is 17.7 Å². The Labute approximate surface area is 152 Å². The zero-order valence-corrected chi connectivity index (χ0v) is 15.7. The van der Waals surface area contributed by atoms with E-state index < -0.39 is 11.7 Å². The van der Waals surface area contributed by atoms with E-state index >= 15 is 0 Å². The lowest BCUT2D eigenvalue weighted by Crippen LogP contribution is -2.44. The van der Waals surface area contributed by atoms with Crippen molar-refractivity contribution in [2.45, 2.75) is 57.6 Å². The van der Waals surface area contributed by atoms with Crippen LogP contribution in [0.5, 0.6) is 5.88 Å². The Kier molecular flexibility index (Phi) is 4.86. The molecule has 2 N–H and O–H groups in total. The summed E-state index contributed by atoms with van der Waals surface area (Å²) in [7, 11) is 0. The van der Waals surface area contributed by atoms with Crippen molar-refractivity contribution in [3.63, 3.8) is 0 Å². The van der Waals surface area contributed by atoms with Crippen LogP contribution in [0.2, 0.25) is 5.15 Å². The molecule has 0 aliphatic heterocycles. The summed E-state index contributed by atoms with van der Waals surface area (Å²) in [5.74, 6) is 0.660. The summed E-state index contributed by atoms with van der Waals surface area (Å²) >= 11 is 6.26. The average Bonchev–Trinajstić information content (AvgIpc) is 3.11. The van der Waals surface area contributed by atoms with Gasteiger partial charge in [-0.25, -0.2) is 9.78 Å². The molecule has 1 heterocycles. The van der Waals surface area contributed by atoms with Gasteiger partial charge in [-0.2, -0.15) is 0 Å². The molecule has 1 atom stereocenters. The Morgan fingerprint density at radius 2 is 2.16 bits per heavy atom. The highest BCUT2D eigenvalue weighted by Gasteiger charge is 2.46.